The zero-order chi connectivity index (χ0) is 35.0. The maximum Gasteiger partial charge on any atom is 0.303 e. The van der Waals surface area contributed by atoms with Crippen molar-refractivity contribution in [1.29, 1.82) is 0 Å². The first kappa shape index (κ1) is 35.1. The molecule has 2 aliphatic heterocycles. The van der Waals surface area contributed by atoms with Gasteiger partial charge in [-0.05, 0) is 51.5 Å². The second-order valence-corrected chi connectivity index (χ2v) is 12.0. The maximum absolute atomic E-state index is 14.2. The number of aromatic hydroxyl groups is 3. The van der Waals surface area contributed by atoms with Gasteiger partial charge in [-0.3, -0.25) is 9.59 Å². The molecule has 0 bridgehead atoms. The van der Waals surface area contributed by atoms with Crippen LogP contribution in [-0.4, -0.2) is 104 Å². The summed E-state index contributed by atoms with van der Waals surface area (Å²) in [5.41, 5.74) is 0.305. The Morgan fingerprint density at radius 1 is 0.938 bits per heavy atom. The van der Waals surface area contributed by atoms with E-state index in [0.717, 1.165) is 18.6 Å². The molecule has 3 aromatic rings. The van der Waals surface area contributed by atoms with E-state index in [1.54, 1.807) is 6.08 Å². The van der Waals surface area contributed by atoms with E-state index in [9.17, 15) is 45.3 Å². The molecular weight excluding hydrogens is 636 g/mol. The third kappa shape index (κ3) is 6.98. The number of fused-ring (bicyclic) bond motifs is 1. The van der Waals surface area contributed by atoms with Gasteiger partial charge in [0, 0.05) is 24.1 Å². The largest absolute Gasteiger partial charge is 0.508 e. The van der Waals surface area contributed by atoms with E-state index in [1.165, 1.54) is 31.2 Å². The highest BCUT2D eigenvalue weighted by Crippen LogP contribution is 2.40. The van der Waals surface area contributed by atoms with Gasteiger partial charge in [0.25, 0.3) is 0 Å². The fourth-order valence-corrected chi connectivity index (χ4v) is 5.55. The number of aliphatic hydroxyl groups excluding tert-OH is 4. The Morgan fingerprint density at radius 2 is 1.62 bits per heavy atom. The molecule has 0 radical (unpaired) electrons. The molecule has 48 heavy (non-hydrogen) atoms. The molecule has 0 aliphatic carbocycles. The number of phenols is 3. The molecule has 15 nitrogen and oxygen atoms in total. The average Bonchev–Trinajstić information content (AvgIpc) is 3.02. The van der Waals surface area contributed by atoms with Crippen molar-refractivity contribution in [2.45, 2.75) is 89.4 Å². The molecule has 5 rings (SSSR count). The van der Waals surface area contributed by atoms with E-state index in [1.807, 2.05) is 13.8 Å². The van der Waals surface area contributed by atoms with Crippen LogP contribution in [0.25, 0.3) is 22.3 Å². The van der Waals surface area contributed by atoms with Gasteiger partial charge < -0.3 is 63.8 Å². The summed E-state index contributed by atoms with van der Waals surface area (Å²) in [6, 6.07) is 6.51. The van der Waals surface area contributed by atoms with Crippen molar-refractivity contribution in [1.82, 2.24) is 0 Å². The van der Waals surface area contributed by atoms with Crippen molar-refractivity contribution in [2.24, 2.45) is 0 Å². The number of carbonyl (C=O) groups excluding carboxylic acids is 1. The van der Waals surface area contributed by atoms with Crippen molar-refractivity contribution < 1.29 is 68.6 Å². The molecule has 7 N–H and O–H groups in total. The fourth-order valence-electron chi connectivity index (χ4n) is 5.55. The third-order valence-electron chi connectivity index (χ3n) is 8.06. The van der Waals surface area contributed by atoms with Crippen LogP contribution in [0.3, 0.4) is 0 Å². The number of ether oxygens (including phenoxy) is 5. The lowest BCUT2D eigenvalue weighted by Crippen LogP contribution is -2.63. The van der Waals surface area contributed by atoms with Gasteiger partial charge in [0.05, 0.1) is 12.7 Å². The summed E-state index contributed by atoms with van der Waals surface area (Å²) in [5, 5.41) is 73.1. The van der Waals surface area contributed by atoms with Gasteiger partial charge in [0.1, 0.15) is 58.7 Å². The van der Waals surface area contributed by atoms with Gasteiger partial charge in [-0.1, -0.05) is 11.6 Å². The first-order valence-corrected chi connectivity index (χ1v) is 15.1. The summed E-state index contributed by atoms with van der Waals surface area (Å²) in [7, 11) is 0. The Morgan fingerprint density at radius 3 is 2.27 bits per heavy atom. The molecule has 0 spiro atoms. The van der Waals surface area contributed by atoms with Crippen molar-refractivity contribution in [3.05, 3.63) is 57.8 Å². The molecule has 0 unspecified atom stereocenters. The second-order valence-electron chi connectivity index (χ2n) is 12.0. The highest BCUT2D eigenvalue weighted by Gasteiger charge is 2.51. The predicted octanol–water partition coefficient (Wildman–Crippen LogP) is 1.33. The Labute approximate surface area is 273 Å². The lowest BCUT2D eigenvalue weighted by Gasteiger charge is -2.45. The second kappa shape index (κ2) is 14.1. The highest BCUT2D eigenvalue weighted by molar-refractivity contribution is 5.91. The fraction of sp³-hybridized carbons (Fsp3) is 0.455. The third-order valence-corrected chi connectivity index (χ3v) is 8.06. The molecular formula is C33H38O15. The molecule has 3 heterocycles. The maximum atomic E-state index is 14.2. The van der Waals surface area contributed by atoms with Crippen molar-refractivity contribution >= 4 is 16.9 Å². The number of phenolic OH excluding ortho intramolecular Hbond substituents is 3. The Balaban J connectivity index is 1.61. The number of hydrogen-bond acceptors (Lipinski definition) is 15. The lowest BCUT2D eigenvalue weighted by atomic mass is 9.98. The Kier molecular flexibility index (Phi) is 10.3. The van der Waals surface area contributed by atoms with Crippen LogP contribution in [0.5, 0.6) is 23.0 Å². The molecule has 15 heteroatoms. The standard InChI is InChI=1S/C33H38O15/c1-13(2)5-10-18-19(36)11-20(37)22-24(40)30(28(46-29(18)22)16-6-8-17(35)9-7-16)48-33-26(42)31(27(14(3)44-33)45-15(4)34)47-32-25(41)23(39)21(38)12-43-32/h5-9,11,14,21,23,25-27,31-33,35-39,41-42H,10,12H2,1-4H3/t14-,21+,23-,25+,26+,27-,31-,32-,33-/m0/s1. The average molecular weight is 675 g/mol. The lowest BCUT2D eigenvalue weighted by molar-refractivity contribution is -0.336. The minimum Gasteiger partial charge on any atom is -0.508 e. The van der Waals surface area contributed by atoms with Gasteiger partial charge in [0.2, 0.25) is 17.5 Å². The van der Waals surface area contributed by atoms with E-state index >= 15 is 0 Å². The zero-order valence-electron chi connectivity index (χ0n) is 26.5. The van der Waals surface area contributed by atoms with Gasteiger partial charge in [-0.15, -0.1) is 0 Å². The SMILES string of the molecule is CC(=O)O[C@@H]1[C@@H](O[C@@H]2OC[C@@H](O)[C@H](O)[C@H]2O)[C@@H](O)[C@H](Oc2c(-c3ccc(O)cc3)oc3c(CC=C(C)C)c(O)cc(O)c3c2=O)O[C@H]1C. The molecule has 0 amide bonds. The molecule has 0 saturated carbocycles. The Hall–Kier alpha value is -4.22. The minimum absolute atomic E-state index is 0.0926. The van der Waals surface area contributed by atoms with Gasteiger partial charge >= 0.3 is 5.97 Å². The van der Waals surface area contributed by atoms with E-state index in [4.69, 9.17) is 28.1 Å². The number of hydrogen-bond donors (Lipinski definition) is 7. The van der Waals surface area contributed by atoms with Crippen LogP contribution < -0.4 is 10.2 Å². The van der Waals surface area contributed by atoms with Gasteiger partial charge in [0.15, 0.2) is 18.2 Å². The van der Waals surface area contributed by atoms with Crippen LogP contribution in [0, 0.1) is 0 Å². The van der Waals surface area contributed by atoms with Crippen LogP contribution >= 0.6 is 0 Å². The number of benzene rings is 2. The number of rotatable bonds is 8. The van der Waals surface area contributed by atoms with Crippen LogP contribution in [-0.2, 0) is 30.2 Å². The smallest absolute Gasteiger partial charge is 0.303 e. The Bertz CT molecular complexity index is 1730. The molecule has 1 aromatic heterocycles. The van der Waals surface area contributed by atoms with Crippen LogP contribution in [0.2, 0.25) is 0 Å². The van der Waals surface area contributed by atoms with Crippen molar-refractivity contribution in [3.63, 3.8) is 0 Å². The first-order valence-electron chi connectivity index (χ1n) is 15.1. The normalized spacial score (nSPS) is 29.0. The molecule has 2 aliphatic rings. The van der Waals surface area contributed by atoms with Gasteiger partial charge in [-0.25, -0.2) is 0 Å². The summed E-state index contributed by atoms with van der Waals surface area (Å²) < 4.78 is 34.6. The van der Waals surface area contributed by atoms with Crippen LogP contribution in [0.15, 0.2) is 51.2 Å². The number of esters is 1. The molecule has 2 aromatic carbocycles. The minimum atomic E-state index is -1.85. The van der Waals surface area contributed by atoms with Crippen LogP contribution in [0.1, 0.15) is 33.3 Å². The van der Waals surface area contributed by atoms with Gasteiger partial charge in [-0.2, -0.15) is 0 Å². The van der Waals surface area contributed by atoms with E-state index in [0.29, 0.717) is 0 Å². The summed E-state index contributed by atoms with van der Waals surface area (Å²) in [6.45, 7) is 5.85. The summed E-state index contributed by atoms with van der Waals surface area (Å²) in [6.07, 6.45) is -12.0. The predicted molar refractivity (Wildman–Crippen MR) is 165 cm³/mol. The molecule has 2 saturated heterocycles. The highest BCUT2D eigenvalue weighted by atomic mass is 16.7. The van der Waals surface area contributed by atoms with E-state index in [-0.39, 0.29) is 45.8 Å². The zero-order valence-corrected chi connectivity index (χ0v) is 26.5. The molecule has 260 valence electrons. The quantitative estimate of drug-likeness (QED) is 0.132. The van der Waals surface area contributed by atoms with Crippen molar-refractivity contribution in [2.75, 3.05) is 6.61 Å². The van der Waals surface area contributed by atoms with E-state index < -0.39 is 84.8 Å². The first-order chi connectivity index (χ1) is 22.7. The summed E-state index contributed by atoms with van der Waals surface area (Å²) >= 11 is 0. The molecule has 2 fully saturated rings. The van der Waals surface area contributed by atoms with Crippen LogP contribution in [0.4, 0.5) is 0 Å². The topological polar surface area (TPSA) is 235 Å². The van der Waals surface area contributed by atoms with Crippen molar-refractivity contribution in [3.8, 4) is 34.3 Å². The van der Waals surface area contributed by atoms with E-state index in [2.05, 4.69) is 0 Å². The monoisotopic (exact) mass is 674 g/mol. The number of allylic oxidation sites excluding steroid dienone is 2. The molecule has 9 atom stereocenters. The summed E-state index contributed by atoms with van der Waals surface area (Å²) in [4.78, 5) is 26.1. The number of carbonyl (C=O) groups is 1. The summed E-state index contributed by atoms with van der Waals surface area (Å²) in [5.74, 6) is -2.53. The number of aliphatic hydroxyl groups is 4.